The lowest BCUT2D eigenvalue weighted by molar-refractivity contribution is -0.101. The van der Waals surface area contributed by atoms with Crippen molar-refractivity contribution in [1.29, 1.82) is 0 Å². The molecule has 2 aromatic rings. The van der Waals surface area contributed by atoms with Gasteiger partial charge in [0, 0.05) is 19.6 Å². The van der Waals surface area contributed by atoms with Crippen LogP contribution in [0.15, 0.2) is 30.5 Å². The molecule has 0 aliphatic carbocycles. The maximum atomic E-state index is 6.20. The first-order valence-corrected chi connectivity index (χ1v) is 8.96. The standard InChI is InChI=1S/C19H25N3O3/c1-23-16-4-2-3-5-17(16)24-13-11-22-9-7-19(8-10-22)18-15(6-12-25-19)14-20-21-18/h2-5,14H,6-13H2,1H3,(H,20,21). The van der Waals surface area contributed by atoms with Gasteiger partial charge in [-0.1, -0.05) is 12.1 Å². The average molecular weight is 343 g/mol. The summed E-state index contributed by atoms with van der Waals surface area (Å²) in [6.07, 6.45) is 4.91. The fourth-order valence-corrected chi connectivity index (χ4v) is 3.88. The van der Waals surface area contributed by atoms with Crippen molar-refractivity contribution < 1.29 is 14.2 Å². The number of hydrogen-bond acceptors (Lipinski definition) is 5. The third-order valence-corrected chi connectivity index (χ3v) is 5.32. The molecule has 25 heavy (non-hydrogen) atoms. The van der Waals surface area contributed by atoms with Gasteiger partial charge in [-0.2, -0.15) is 5.10 Å². The quantitative estimate of drug-likeness (QED) is 0.903. The van der Waals surface area contributed by atoms with Gasteiger partial charge in [0.1, 0.15) is 12.2 Å². The monoisotopic (exact) mass is 343 g/mol. The fraction of sp³-hybridized carbons (Fsp3) is 0.526. The highest BCUT2D eigenvalue weighted by Gasteiger charge is 2.42. The molecule has 0 unspecified atom stereocenters. The van der Waals surface area contributed by atoms with E-state index in [-0.39, 0.29) is 5.60 Å². The number of fused-ring (bicyclic) bond motifs is 2. The number of rotatable bonds is 5. The third-order valence-electron chi connectivity index (χ3n) is 5.32. The van der Waals surface area contributed by atoms with Gasteiger partial charge in [0.25, 0.3) is 0 Å². The number of piperidine rings is 1. The molecule has 1 saturated heterocycles. The number of methoxy groups -OCH3 is 1. The number of para-hydroxylation sites is 2. The number of H-pyrrole nitrogens is 1. The highest BCUT2D eigenvalue weighted by molar-refractivity contribution is 5.39. The number of likely N-dealkylation sites (tertiary alicyclic amines) is 1. The van der Waals surface area contributed by atoms with Crippen molar-refractivity contribution in [1.82, 2.24) is 15.1 Å². The van der Waals surface area contributed by atoms with Crippen molar-refractivity contribution >= 4 is 0 Å². The second-order valence-corrected chi connectivity index (χ2v) is 6.70. The molecule has 2 aliphatic heterocycles. The van der Waals surface area contributed by atoms with Crippen LogP contribution in [0.1, 0.15) is 24.1 Å². The van der Waals surface area contributed by atoms with Crippen molar-refractivity contribution in [3.05, 3.63) is 41.7 Å². The summed E-state index contributed by atoms with van der Waals surface area (Å²) in [5.74, 6) is 1.58. The van der Waals surface area contributed by atoms with Crippen molar-refractivity contribution in [2.45, 2.75) is 24.9 Å². The van der Waals surface area contributed by atoms with Crippen LogP contribution in [-0.4, -0.2) is 55.1 Å². The topological polar surface area (TPSA) is 59.6 Å². The lowest BCUT2D eigenvalue weighted by Crippen LogP contribution is -2.47. The van der Waals surface area contributed by atoms with Crippen LogP contribution in [0.25, 0.3) is 0 Å². The molecule has 0 amide bonds. The van der Waals surface area contributed by atoms with Crippen LogP contribution >= 0.6 is 0 Å². The Bertz CT molecular complexity index is 707. The van der Waals surface area contributed by atoms with Gasteiger partial charge in [-0.25, -0.2) is 0 Å². The Morgan fingerprint density at radius 2 is 2.04 bits per heavy atom. The maximum absolute atomic E-state index is 6.20. The van der Waals surface area contributed by atoms with E-state index in [1.807, 2.05) is 30.5 Å². The molecule has 4 rings (SSSR count). The number of aromatic nitrogens is 2. The summed E-state index contributed by atoms with van der Waals surface area (Å²) in [6, 6.07) is 7.77. The second kappa shape index (κ2) is 7.06. The van der Waals surface area contributed by atoms with Crippen LogP contribution in [0.3, 0.4) is 0 Å². The molecule has 3 heterocycles. The molecule has 0 saturated carbocycles. The highest BCUT2D eigenvalue weighted by Crippen LogP contribution is 2.40. The van der Waals surface area contributed by atoms with E-state index in [2.05, 4.69) is 15.1 Å². The summed E-state index contributed by atoms with van der Waals surface area (Å²) >= 11 is 0. The van der Waals surface area contributed by atoms with Gasteiger partial charge in [0.2, 0.25) is 0 Å². The molecule has 1 fully saturated rings. The van der Waals surface area contributed by atoms with Crippen LogP contribution in [0.2, 0.25) is 0 Å². The SMILES string of the molecule is COc1ccccc1OCCN1CCC2(CC1)OCCc1cn[nH]c12. The lowest BCUT2D eigenvalue weighted by Gasteiger charge is -2.43. The molecule has 1 aromatic carbocycles. The molecule has 0 atom stereocenters. The number of nitrogens with zero attached hydrogens (tertiary/aromatic N) is 2. The number of hydrogen-bond donors (Lipinski definition) is 1. The Hall–Kier alpha value is -2.05. The highest BCUT2D eigenvalue weighted by atomic mass is 16.5. The zero-order valence-electron chi connectivity index (χ0n) is 14.7. The smallest absolute Gasteiger partial charge is 0.161 e. The van der Waals surface area contributed by atoms with Crippen LogP contribution < -0.4 is 9.47 Å². The van der Waals surface area contributed by atoms with Gasteiger partial charge in [-0.05, 0) is 37.0 Å². The van der Waals surface area contributed by atoms with Crippen molar-refractivity contribution in [3.63, 3.8) is 0 Å². The molecule has 134 valence electrons. The van der Waals surface area contributed by atoms with Crippen molar-refractivity contribution in [2.24, 2.45) is 0 Å². The van der Waals surface area contributed by atoms with E-state index in [0.29, 0.717) is 6.61 Å². The van der Waals surface area contributed by atoms with E-state index in [9.17, 15) is 0 Å². The van der Waals surface area contributed by atoms with Crippen LogP contribution in [0.4, 0.5) is 0 Å². The number of nitrogens with one attached hydrogen (secondary N) is 1. The van der Waals surface area contributed by atoms with Gasteiger partial charge in [-0.3, -0.25) is 10.00 Å². The van der Waals surface area contributed by atoms with Crippen LogP contribution in [0.5, 0.6) is 11.5 Å². The molecular weight excluding hydrogens is 318 g/mol. The summed E-state index contributed by atoms with van der Waals surface area (Å²) < 4.78 is 17.4. The van der Waals surface area contributed by atoms with Crippen molar-refractivity contribution in [2.75, 3.05) is 40.0 Å². The van der Waals surface area contributed by atoms with Gasteiger partial charge in [0.15, 0.2) is 11.5 Å². The largest absolute Gasteiger partial charge is 0.493 e. The predicted octanol–water partition coefficient (Wildman–Crippen LogP) is 2.36. The van der Waals surface area contributed by atoms with E-state index in [1.54, 1.807) is 7.11 Å². The molecule has 0 radical (unpaired) electrons. The first kappa shape index (κ1) is 16.4. The van der Waals surface area contributed by atoms with E-state index in [4.69, 9.17) is 14.2 Å². The Balaban J connectivity index is 1.30. The fourth-order valence-electron chi connectivity index (χ4n) is 3.88. The van der Waals surface area contributed by atoms with Gasteiger partial charge in [-0.15, -0.1) is 0 Å². The zero-order chi connectivity index (χ0) is 17.1. The Kier molecular flexibility index (Phi) is 4.63. The van der Waals surface area contributed by atoms with Gasteiger partial charge < -0.3 is 14.2 Å². The summed E-state index contributed by atoms with van der Waals surface area (Å²) in [6.45, 7) is 4.37. The van der Waals surface area contributed by atoms with Crippen LogP contribution in [-0.2, 0) is 16.8 Å². The molecular formula is C19H25N3O3. The van der Waals surface area contributed by atoms with E-state index < -0.39 is 0 Å². The molecule has 1 aromatic heterocycles. The summed E-state index contributed by atoms with van der Waals surface area (Å²) in [4.78, 5) is 2.44. The third kappa shape index (κ3) is 3.24. The lowest BCUT2D eigenvalue weighted by atomic mass is 9.84. The molecule has 2 aliphatic rings. The van der Waals surface area contributed by atoms with E-state index in [0.717, 1.165) is 57.0 Å². The van der Waals surface area contributed by atoms with E-state index >= 15 is 0 Å². The summed E-state index contributed by atoms with van der Waals surface area (Å²) in [7, 11) is 1.67. The van der Waals surface area contributed by atoms with Crippen molar-refractivity contribution in [3.8, 4) is 11.5 Å². The molecule has 6 heteroatoms. The summed E-state index contributed by atoms with van der Waals surface area (Å²) in [5.41, 5.74) is 2.35. The van der Waals surface area contributed by atoms with Crippen LogP contribution in [0, 0.1) is 0 Å². The molecule has 6 nitrogen and oxygen atoms in total. The minimum atomic E-state index is -0.163. The number of ether oxygens (including phenoxy) is 3. The number of benzene rings is 1. The summed E-state index contributed by atoms with van der Waals surface area (Å²) in [5, 5.41) is 7.40. The first-order valence-electron chi connectivity index (χ1n) is 8.96. The predicted molar refractivity (Wildman–Crippen MR) is 94.1 cm³/mol. The average Bonchev–Trinajstić information content (AvgIpc) is 3.14. The van der Waals surface area contributed by atoms with Gasteiger partial charge >= 0.3 is 0 Å². The first-order chi connectivity index (χ1) is 12.3. The zero-order valence-corrected chi connectivity index (χ0v) is 14.7. The minimum Gasteiger partial charge on any atom is -0.493 e. The minimum absolute atomic E-state index is 0.163. The maximum Gasteiger partial charge on any atom is 0.161 e. The van der Waals surface area contributed by atoms with E-state index in [1.165, 1.54) is 11.3 Å². The normalized spacial score (nSPS) is 19.6. The molecule has 1 N–H and O–H groups in total. The number of aromatic amines is 1. The molecule has 1 spiro atoms. The molecule has 0 bridgehead atoms. The Morgan fingerprint density at radius 1 is 1.24 bits per heavy atom. The van der Waals surface area contributed by atoms with Gasteiger partial charge in [0.05, 0.1) is 25.6 Å². The second-order valence-electron chi connectivity index (χ2n) is 6.70. The Morgan fingerprint density at radius 3 is 2.84 bits per heavy atom. The Labute approximate surface area is 148 Å².